The quantitative estimate of drug-likeness (QED) is 0.836. The summed E-state index contributed by atoms with van der Waals surface area (Å²) in [5, 5.41) is 5.21. The third-order valence-electron chi connectivity index (χ3n) is 2.47. The summed E-state index contributed by atoms with van der Waals surface area (Å²) in [4.78, 5) is 16.1. The fourth-order valence-electron chi connectivity index (χ4n) is 1.52. The first-order chi connectivity index (χ1) is 8.93. The number of aromatic nitrogens is 1. The van der Waals surface area contributed by atoms with Gasteiger partial charge in [0, 0.05) is 17.8 Å². The average Bonchev–Trinajstić information content (AvgIpc) is 2.35. The van der Waals surface area contributed by atoms with Crippen LogP contribution in [0.5, 0.6) is 0 Å². The Morgan fingerprint density at radius 2 is 2.05 bits per heavy atom. The van der Waals surface area contributed by atoms with Crippen molar-refractivity contribution in [2.75, 3.05) is 18.4 Å². The number of hydrogen-bond donors (Lipinski definition) is 2. The molecule has 0 saturated heterocycles. The summed E-state index contributed by atoms with van der Waals surface area (Å²) in [6.07, 6.45) is -2.55. The third kappa shape index (κ3) is 4.81. The van der Waals surface area contributed by atoms with Gasteiger partial charge in [-0.05, 0) is 25.0 Å². The summed E-state index contributed by atoms with van der Waals surface area (Å²) in [7, 11) is 0. The van der Waals surface area contributed by atoms with Crippen molar-refractivity contribution in [1.29, 1.82) is 0 Å². The molecular weight excluding hydrogens is 252 g/mol. The Hall–Kier alpha value is -1.72. The van der Waals surface area contributed by atoms with Gasteiger partial charge in [0.2, 0.25) is 0 Å². The van der Waals surface area contributed by atoms with Crippen LogP contribution in [-0.4, -0.2) is 30.4 Å². The fraction of sp³-hybridized carbons (Fsp3) is 0.538. The Kier molecular flexibility index (Phi) is 5.66. The molecule has 1 rings (SSSR count). The number of alkyl halides is 2. The van der Waals surface area contributed by atoms with Crippen LogP contribution in [-0.2, 0) is 0 Å². The number of amides is 1. The molecule has 0 aliphatic rings. The maximum absolute atomic E-state index is 12.1. The maximum Gasteiger partial charge on any atom is 0.255 e. The summed E-state index contributed by atoms with van der Waals surface area (Å²) in [5.41, 5.74) is 1.09. The number of halogens is 2. The van der Waals surface area contributed by atoms with Crippen LogP contribution < -0.4 is 10.6 Å². The summed E-state index contributed by atoms with van der Waals surface area (Å²) >= 11 is 0. The van der Waals surface area contributed by atoms with Crippen molar-refractivity contribution in [2.45, 2.75) is 33.1 Å². The lowest BCUT2D eigenvalue weighted by Gasteiger charge is -2.12. The number of rotatable bonds is 6. The van der Waals surface area contributed by atoms with Crippen molar-refractivity contribution in [3.05, 3.63) is 23.4 Å². The van der Waals surface area contributed by atoms with E-state index < -0.39 is 18.9 Å². The topological polar surface area (TPSA) is 54.0 Å². The molecule has 0 aliphatic carbocycles. The number of carbonyl (C=O) groups is 1. The SMILES string of the molecule is CCNc1cc(C(=O)NCC(F)F)cc(C(C)C)n1. The highest BCUT2D eigenvalue weighted by Gasteiger charge is 2.13. The molecule has 4 nitrogen and oxygen atoms in total. The summed E-state index contributed by atoms with van der Waals surface area (Å²) < 4.78 is 24.2. The van der Waals surface area contributed by atoms with Crippen LogP contribution in [0.4, 0.5) is 14.6 Å². The molecule has 0 unspecified atom stereocenters. The monoisotopic (exact) mass is 271 g/mol. The Morgan fingerprint density at radius 3 is 2.58 bits per heavy atom. The van der Waals surface area contributed by atoms with Gasteiger partial charge in [-0.15, -0.1) is 0 Å². The van der Waals surface area contributed by atoms with E-state index in [2.05, 4.69) is 15.6 Å². The number of nitrogens with zero attached hydrogens (tertiary/aromatic N) is 1. The highest BCUT2D eigenvalue weighted by molar-refractivity contribution is 5.95. The molecule has 1 heterocycles. The molecule has 1 aromatic rings. The van der Waals surface area contributed by atoms with E-state index in [9.17, 15) is 13.6 Å². The van der Waals surface area contributed by atoms with E-state index in [-0.39, 0.29) is 5.92 Å². The number of hydrogen-bond acceptors (Lipinski definition) is 3. The van der Waals surface area contributed by atoms with Gasteiger partial charge in [-0.2, -0.15) is 0 Å². The highest BCUT2D eigenvalue weighted by Crippen LogP contribution is 2.17. The lowest BCUT2D eigenvalue weighted by atomic mass is 10.1. The van der Waals surface area contributed by atoms with Crippen molar-refractivity contribution >= 4 is 11.7 Å². The van der Waals surface area contributed by atoms with Gasteiger partial charge < -0.3 is 10.6 Å². The number of nitrogens with one attached hydrogen (secondary N) is 2. The minimum absolute atomic E-state index is 0.153. The van der Waals surface area contributed by atoms with Crippen LogP contribution >= 0.6 is 0 Å². The Morgan fingerprint density at radius 1 is 1.37 bits per heavy atom. The van der Waals surface area contributed by atoms with E-state index in [0.717, 1.165) is 5.69 Å². The van der Waals surface area contributed by atoms with E-state index in [0.29, 0.717) is 17.9 Å². The Labute approximate surface area is 111 Å². The first-order valence-electron chi connectivity index (χ1n) is 6.26. The Balaban J connectivity index is 2.95. The van der Waals surface area contributed by atoms with Gasteiger partial charge in [0.25, 0.3) is 12.3 Å². The standard InChI is InChI=1S/C13H19F2N3O/c1-4-16-12-6-9(5-10(18-12)8(2)3)13(19)17-7-11(14)15/h5-6,8,11H,4,7H2,1-3H3,(H,16,18)(H,17,19). The molecule has 0 radical (unpaired) electrons. The van der Waals surface area contributed by atoms with Crippen LogP contribution in [0.3, 0.4) is 0 Å². The molecule has 0 fully saturated rings. The average molecular weight is 271 g/mol. The summed E-state index contributed by atoms with van der Waals surface area (Å²) in [5.74, 6) is 0.222. The number of carbonyl (C=O) groups excluding carboxylic acids is 1. The fourth-order valence-corrected chi connectivity index (χ4v) is 1.52. The van der Waals surface area contributed by atoms with Crippen molar-refractivity contribution in [3.8, 4) is 0 Å². The summed E-state index contributed by atoms with van der Waals surface area (Å²) in [6, 6.07) is 3.20. The zero-order valence-corrected chi connectivity index (χ0v) is 11.3. The van der Waals surface area contributed by atoms with Gasteiger partial charge in [-0.3, -0.25) is 4.79 Å². The van der Waals surface area contributed by atoms with Crippen molar-refractivity contribution in [1.82, 2.24) is 10.3 Å². The first-order valence-corrected chi connectivity index (χ1v) is 6.26. The van der Waals surface area contributed by atoms with E-state index in [1.807, 2.05) is 20.8 Å². The zero-order valence-electron chi connectivity index (χ0n) is 11.3. The molecule has 2 N–H and O–H groups in total. The molecule has 0 aliphatic heterocycles. The van der Waals surface area contributed by atoms with Crippen molar-refractivity contribution in [3.63, 3.8) is 0 Å². The molecule has 0 bridgehead atoms. The second-order valence-corrected chi connectivity index (χ2v) is 4.45. The van der Waals surface area contributed by atoms with E-state index in [1.165, 1.54) is 0 Å². The second kappa shape index (κ2) is 7.01. The first kappa shape index (κ1) is 15.3. The van der Waals surface area contributed by atoms with Gasteiger partial charge in [0.05, 0.1) is 6.54 Å². The predicted molar refractivity (Wildman–Crippen MR) is 70.8 cm³/mol. The van der Waals surface area contributed by atoms with E-state index in [4.69, 9.17) is 0 Å². The maximum atomic E-state index is 12.1. The summed E-state index contributed by atoms with van der Waals surface area (Å²) in [6.45, 7) is 5.86. The minimum atomic E-state index is -2.55. The highest BCUT2D eigenvalue weighted by atomic mass is 19.3. The van der Waals surface area contributed by atoms with Gasteiger partial charge in [-0.1, -0.05) is 13.8 Å². The van der Waals surface area contributed by atoms with Crippen LogP contribution in [0.15, 0.2) is 12.1 Å². The molecular formula is C13H19F2N3O. The zero-order chi connectivity index (χ0) is 14.4. The lowest BCUT2D eigenvalue weighted by Crippen LogP contribution is -2.28. The van der Waals surface area contributed by atoms with Gasteiger partial charge in [-0.25, -0.2) is 13.8 Å². The third-order valence-corrected chi connectivity index (χ3v) is 2.47. The molecule has 0 saturated carbocycles. The van der Waals surface area contributed by atoms with Crippen LogP contribution in [0, 0.1) is 0 Å². The second-order valence-electron chi connectivity index (χ2n) is 4.45. The molecule has 1 amide bonds. The lowest BCUT2D eigenvalue weighted by molar-refractivity contribution is 0.0891. The normalized spacial score (nSPS) is 10.9. The van der Waals surface area contributed by atoms with Crippen molar-refractivity contribution in [2.24, 2.45) is 0 Å². The molecule has 19 heavy (non-hydrogen) atoms. The van der Waals surface area contributed by atoms with Gasteiger partial charge >= 0.3 is 0 Å². The van der Waals surface area contributed by atoms with E-state index >= 15 is 0 Å². The smallest absolute Gasteiger partial charge is 0.255 e. The van der Waals surface area contributed by atoms with Crippen LogP contribution in [0.25, 0.3) is 0 Å². The molecule has 106 valence electrons. The van der Waals surface area contributed by atoms with Crippen molar-refractivity contribution < 1.29 is 13.6 Å². The molecule has 0 spiro atoms. The number of anilines is 1. The van der Waals surface area contributed by atoms with Crippen LogP contribution in [0.1, 0.15) is 42.7 Å². The van der Waals surface area contributed by atoms with E-state index in [1.54, 1.807) is 12.1 Å². The molecule has 1 aromatic heterocycles. The molecule has 6 heteroatoms. The molecule has 0 aromatic carbocycles. The molecule has 0 atom stereocenters. The van der Waals surface area contributed by atoms with Crippen LogP contribution in [0.2, 0.25) is 0 Å². The minimum Gasteiger partial charge on any atom is -0.370 e. The number of pyridine rings is 1. The van der Waals surface area contributed by atoms with Gasteiger partial charge in [0.1, 0.15) is 5.82 Å². The van der Waals surface area contributed by atoms with Gasteiger partial charge in [0.15, 0.2) is 0 Å². The largest absolute Gasteiger partial charge is 0.370 e. The Bertz CT molecular complexity index is 436. The predicted octanol–water partition coefficient (Wildman–Crippen LogP) is 2.63.